The molecule has 2 nitrogen and oxygen atoms in total. The summed E-state index contributed by atoms with van der Waals surface area (Å²) in [6.07, 6.45) is -0.759. The minimum absolute atomic E-state index is 0.182. The number of halogens is 3. The van der Waals surface area contributed by atoms with Gasteiger partial charge in [0, 0.05) is 16.8 Å². The van der Waals surface area contributed by atoms with Gasteiger partial charge in [-0.3, -0.25) is 0 Å². The molecule has 3 aromatic rings. The van der Waals surface area contributed by atoms with Crippen LogP contribution in [0, 0.1) is 11.6 Å². The van der Waals surface area contributed by atoms with E-state index >= 15 is 0 Å². The molecule has 1 atom stereocenters. The zero-order valence-electron chi connectivity index (χ0n) is 10.8. The lowest BCUT2D eigenvalue weighted by Crippen LogP contribution is -2.01. The van der Waals surface area contributed by atoms with E-state index in [4.69, 9.17) is 16.0 Å². The normalized spacial score (nSPS) is 12.8. The standard InChI is InChI=1S/C16H11ClF2O2/c17-13-8-12(19)2-1-9(13)6-14(20)16-7-10-5-11(18)3-4-15(10)21-16/h1-5,7-8,14,20H,6H2. The smallest absolute Gasteiger partial charge is 0.134 e. The number of furan rings is 1. The topological polar surface area (TPSA) is 33.4 Å². The van der Waals surface area contributed by atoms with Gasteiger partial charge in [-0.2, -0.15) is 0 Å². The van der Waals surface area contributed by atoms with Gasteiger partial charge in [0.05, 0.1) is 0 Å². The Kier molecular flexibility index (Phi) is 3.66. The summed E-state index contributed by atoms with van der Waals surface area (Å²) in [6, 6.07) is 9.70. The summed E-state index contributed by atoms with van der Waals surface area (Å²) in [7, 11) is 0. The summed E-state index contributed by atoms with van der Waals surface area (Å²) in [5.74, 6) is -0.487. The highest BCUT2D eigenvalue weighted by molar-refractivity contribution is 6.31. The van der Waals surface area contributed by atoms with Crippen molar-refractivity contribution in [2.24, 2.45) is 0 Å². The number of aliphatic hydroxyl groups is 1. The van der Waals surface area contributed by atoms with E-state index in [-0.39, 0.29) is 17.3 Å². The summed E-state index contributed by atoms with van der Waals surface area (Å²) >= 11 is 5.93. The third-order valence-electron chi connectivity index (χ3n) is 3.25. The van der Waals surface area contributed by atoms with Gasteiger partial charge in [0.1, 0.15) is 29.1 Å². The monoisotopic (exact) mass is 308 g/mol. The molecule has 0 aliphatic heterocycles. The number of hydrogen-bond acceptors (Lipinski definition) is 2. The molecule has 108 valence electrons. The minimum atomic E-state index is -0.941. The Morgan fingerprint density at radius 2 is 1.76 bits per heavy atom. The van der Waals surface area contributed by atoms with E-state index in [9.17, 15) is 13.9 Å². The van der Waals surface area contributed by atoms with Gasteiger partial charge in [-0.25, -0.2) is 8.78 Å². The maximum atomic E-state index is 13.1. The summed E-state index contributed by atoms with van der Waals surface area (Å²) in [5.41, 5.74) is 1.10. The summed E-state index contributed by atoms with van der Waals surface area (Å²) in [5, 5.41) is 11.0. The van der Waals surface area contributed by atoms with Crippen LogP contribution in [0.4, 0.5) is 8.78 Å². The van der Waals surface area contributed by atoms with Crippen molar-refractivity contribution in [1.82, 2.24) is 0 Å². The predicted molar refractivity (Wildman–Crippen MR) is 76.2 cm³/mol. The number of aliphatic hydroxyl groups excluding tert-OH is 1. The van der Waals surface area contributed by atoms with Gasteiger partial charge in [-0.1, -0.05) is 17.7 Å². The SMILES string of the molecule is OC(Cc1ccc(F)cc1Cl)c1cc2cc(F)ccc2o1. The lowest BCUT2D eigenvalue weighted by molar-refractivity contribution is 0.152. The Hall–Kier alpha value is -1.91. The molecular weight excluding hydrogens is 298 g/mol. The maximum Gasteiger partial charge on any atom is 0.134 e. The summed E-state index contributed by atoms with van der Waals surface area (Å²) in [4.78, 5) is 0. The first-order valence-corrected chi connectivity index (χ1v) is 6.72. The molecule has 0 bridgehead atoms. The largest absolute Gasteiger partial charge is 0.458 e. The molecule has 0 spiro atoms. The first kappa shape index (κ1) is 14.0. The first-order chi connectivity index (χ1) is 10.0. The quantitative estimate of drug-likeness (QED) is 0.764. The van der Waals surface area contributed by atoms with Crippen LogP contribution in [0.15, 0.2) is 46.9 Å². The molecule has 0 saturated carbocycles. The van der Waals surface area contributed by atoms with Crippen LogP contribution < -0.4 is 0 Å². The zero-order valence-corrected chi connectivity index (χ0v) is 11.6. The molecule has 0 saturated heterocycles. The van der Waals surface area contributed by atoms with Crippen LogP contribution >= 0.6 is 11.6 Å². The first-order valence-electron chi connectivity index (χ1n) is 6.34. The van der Waals surface area contributed by atoms with Gasteiger partial charge < -0.3 is 9.52 Å². The van der Waals surface area contributed by atoms with Crippen molar-refractivity contribution in [2.45, 2.75) is 12.5 Å². The molecule has 2 aromatic carbocycles. The van der Waals surface area contributed by atoms with E-state index in [1.165, 1.54) is 36.4 Å². The molecule has 0 aliphatic rings. The number of fused-ring (bicyclic) bond motifs is 1. The highest BCUT2D eigenvalue weighted by atomic mass is 35.5. The van der Waals surface area contributed by atoms with Crippen LogP contribution in [-0.4, -0.2) is 5.11 Å². The molecule has 1 aromatic heterocycles. The van der Waals surface area contributed by atoms with Gasteiger partial charge in [0.15, 0.2) is 0 Å². The molecule has 0 aliphatic carbocycles. The van der Waals surface area contributed by atoms with Crippen molar-refractivity contribution in [2.75, 3.05) is 0 Å². The summed E-state index contributed by atoms with van der Waals surface area (Å²) < 4.78 is 31.6. The molecule has 1 N–H and O–H groups in total. The number of benzene rings is 2. The predicted octanol–water partition coefficient (Wildman–Crippen LogP) is 4.64. The van der Waals surface area contributed by atoms with Gasteiger partial charge in [0.2, 0.25) is 0 Å². The van der Waals surface area contributed by atoms with Crippen LogP contribution in [0.3, 0.4) is 0 Å². The molecule has 0 amide bonds. The van der Waals surface area contributed by atoms with Crippen LogP contribution in [0.1, 0.15) is 17.4 Å². The highest BCUT2D eigenvalue weighted by Gasteiger charge is 2.16. The Bertz CT molecular complexity index is 798. The molecule has 21 heavy (non-hydrogen) atoms. The molecule has 5 heteroatoms. The van der Waals surface area contributed by atoms with Crippen molar-refractivity contribution < 1.29 is 18.3 Å². The van der Waals surface area contributed by atoms with E-state index in [0.29, 0.717) is 22.3 Å². The van der Waals surface area contributed by atoms with Crippen molar-refractivity contribution in [3.8, 4) is 0 Å². The van der Waals surface area contributed by atoms with E-state index in [0.717, 1.165) is 0 Å². The Morgan fingerprint density at radius 1 is 1.05 bits per heavy atom. The second kappa shape index (κ2) is 5.47. The number of rotatable bonds is 3. The van der Waals surface area contributed by atoms with Crippen LogP contribution in [-0.2, 0) is 6.42 Å². The van der Waals surface area contributed by atoms with Gasteiger partial charge in [-0.15, -0.1) is 0 Å². The average Bonchev–Trinajstić information content (AvgIpc) is 2.85. The van der Waals surface area contributed by atoms with Crippen molar-refractivity contribution >= 4 is 22.6 Å². The second-order valence-corrected chi connectivity index (χ2v) is 5.19. The van der Waals surface area contributed by atoms with E-state index in [1.807, 2.05) is 0 Å². The maximum absolute atomic E-state index is 13.1. The van der Waals surface area contributed by atoms with E-state index in [1.54, 1.807) is 6.07 Å². The average molecular weight is 309 g/mol. The lowest BCUT2D eigenvalue weighted by Gasteiger charge is -2.09. The summed E-state index contributed by atoms with van der Waals surface area (Å²) in [6.45, 7) is 0. The molecule has 1 unspecified atom stereocenters. The molecule has 0 fully saturated rings. The second-order valence-electron chi connectivity index (χ2n) is 4.79. The molecule has 0 radical (unpaired) electrons. The minimum Gasteiger partial charge on any atom is -0.458 e. The molecular formula is C16H11ClF2O2. The van der Waals surface area contributed by atoms with Crippen molar-refractivity contribution in [3.63, 3.8) is 0 Å². The van der Waals surface area contributed by atoms with E-state index < -0.39 is 11.9 Å². The Morgan fingerprint density at radius 3 is 2.52 bits per heavy atom. The van der Waals surface area contributed by atoms with Crippen molar-refractivity contribution in [1.29, 1.82) is 0 Å². The molecule has 3 rings (SSSR count). The van der Waals surface area contributed by atoms with Gasteiger partial charge in [0.25, 0.3) is 0 Å². The highest BCUT2D eigenvalue weighted by Crippen LogP contribution is 2.28. The van der Waals surface area contributed by atoms with Crippen LogP contribution in [0.5, 0.6) is 0 Å². The fraction of sp³-hybridized carbons (Fsp3) is 0.125. The van der Waals surface area contributed by atoms with E-state index in [2.05, 4.69) is 0 Å². The Balaban J connectivity index is 1.87. The number of hydrogen-bond donors (Lipinski definition) is 1. The third kappa shape index (κ3) is 2.91. The van der Waals surface area contributed by atoms with Gasteiger partial charge >= 0.3 is 0 Å². The fourth-order valence-corrected chi connectivity index (χ4v) is 2.44. The zero-order chi connectivity index (χ0) is 15.0. The lowest BCUT2D eigenvalue weighted by atomic mass is 10.1. The van der Waals surface area contributed by atoms with Crippen LogP contribution in [0.25, 0.3) is 11.0 Å². The third-order valence-corrected chi connectivity index (χ3v) is 3.61. The fourth-order valence-electron chi connectivity index (χ4n) is 2.20. The van der Waals surface area contributed by atoms with Gasteiger partial charge in [-0.05, 0) is 42.0 Å². The Labute approximate surface area is 124 Å². The van der Waals surface area contributed by atoms with Crippen LogP contribution in [0.2, 0.25) is 5.02 Å². The van der Waals surface area contributed by atoms with Crippen molar-refractivity contribution in [3.05, 3.63) is 70.4 Å². The molecule has 1 heterocycles.